The minimum absolute atomic E-state index is 0.0561. The summed E-state index contributed by atoms with van der Waals surface area (Å²) in [7, 11) is 4.66. The molecule has 2 unspecified atom stereocenters. The Bertz CT molecular complexity index is 2920. The number of aryl methyl sites for hydroxylation is 2. The van der Waals surface area contributed by atoms with Crippen LogP contribution in [-0.2, 0) is 9.53 Å². The SMILES string of the molecule is COC(=O)CC1N=C(c2ccc(Cl)cc2)c2c(sc([B]n3c(=O)n(C(C)c4ccccn4)c4c5cc(OC)c(-c6c(C)noc6C)cc5ncc43)c2C)N(C(C)=N)C1=N. The van der Waals surface area contributed by atoms with Gasteiger partial charge >= 0.3 is 19.1 Å². The molecule has 0 fully saturated rings. The molecule has 6 heterocycles. The monoisotopic (exact) mass is 826 g/mol. The van der Waals surface area contributed by atoms with E-state index in [4.69, 9.17) is 41.0 Å². The van der Waals surface area contributed by atoms with Crippen LogP contribution < -0.4 is 20.1 Å². The van der Waals surface area contributed by atoms with E-state index < -0.39 is 18.1 Å². The Morgan fingerprint density at radius 1 is 1.08 bits per heavy atom. The number of halogens is 1. The molecule has 1 radical (unpaired) electrons. The van der Waals surface area contributed by atoms with Crippen LogP contribution in [0.2, 0.25) is 5.02 Å². The summed E-state index contributed by atoms with van der Waals surface area (Å²) >= 11 is 7.62. The van der Waals surface area contributed by atoms with E-state index in [1.54, 1.807) is 55.0 Å². The Balaban J connectivity index is 1.36. The van der Waals surface area contributed by atoms with E-state index in [0.717, 1.165) is 16.7 Å². The molecule has 14 nitrogen and oxygen atoms in total. The van der Waals surface area contributed by atoms with E-state index in [1.165, 1.54) is 23.3 Å². The number of methoxy groups -OCH3 is 2. The van der Waals surface area contributed by atoms with Gasteiger partial charge in [-0.05, 0) is 81.4 Å². The number of pyridine rings is 2. The maximum Gasteiger partial charge on any atom is 0.317 e. The minimum atomic E-state index is -0.942. The fraction of sp³-hybridized carbons (Fsp3) is 0.238. The van der Waals surface area contributed by atoms with Crippen molar-refractivity contribution in [2.75, 3.05) is 19.1 Å². The first-order valence-corrected chi connectivity index (χ1v) is 19.8. The van der Waals surface area contributed by atoms with Gasteiger partial charge in [0.15, 0.2) is 0 Å². The first-order valence-electron chi connectivity index (χ1n) is 18.6. The van der Waals surface area contributed by atoms with Crippen LogP contribution in [0.15, 0.2) is 81.3 Å². The molecule has 0 bridgehead atoms. The zero-order valence-electron chi connectivity index (χ0n) is 33.2. The summed E-state index contributed by atoms with van der Waals surface area (Å²) < 4.78 is 20.4. The molecular weight excluding hydrogens is 789 g/mol. The summed E-state index contributed by atoms with van der Waals surface area (Å²) in [6, 6.07) is 15.2. The van der Waals surface area contributed by atoms with Gasteiger partial charge in [0.1, 0.15) is 34.2 Å². The fourth-order valence-electron chi connectivity index (χ4n) is 7.69. The van der Waals surface area contributed by atoms with Crippen LogP contribution in [0.3, 0.4) is 0 Å². The van der Waals surface area contributed by atoms with Gasteiger partial charge < -0.3 is 18.5 Å². The number of aliphatic imine (C=N–C) groups is 1. The third-order valence-electron chi connectivity index (χ3n) is 10.6. The molecule has 297 valence electrons. The summed E-state index contributed by atoms with van der Waals surface area (Å²) in [6.07, 6.45) is 3.20. The number of hydrogen-bond donors (Lipinski definition) is 2. The summed E-state index contributed by atoms with van der Waals surface area (Å²) in [5.74, 6) is 0.670. The number of benzene rings is 2. The zero-order chi connectivity index (χ0) is 41.9. The number of fused-ring (bicyclic) bond motifs is 4. The smallest absolute Gasteiger partial charge is 0.317 e. The molecule has 2 N–H and O–H groups in total. The third kappa shape index (κ3) is 6.71. The van der Waals surface area contributed by atoms with Crippen LogP contribution in [0.5, 0.6) is 5.75 Å². The van der Waals surface area contributed by atoms with Crippen molar-refractivity contribution in [3.63, 3.8) is 0 Å². The van der Waals surface area contributed by atoms with Gasteiger partial charge in [-0.1, -0.05) is 35.0 Å². The summed E-state index contributed by atoms with van der Waals surface area (Å²) in [6.45, 7) is 9.16. The second-order valence-electron chi connectivity index (χ2n) is 14.2. The molecule has 7 aromatic rings. The van der Waals surface area contributed by atoms with Crippen molar-refractivity contribution in [3.8, 4) is 16.9 Å². The van der Waals surface area contributed by atoms with Gasteiger partial charge in [0, 0.05) is 33.3 Å². The number of nitrogens with one attached hydrogen (secondary N) is 2. The molecule has 1 aliphatic rings. The lowest BCUT2D eigenvalue weighted by molar-refractivity contribution is -0.140. The molecular formula is C42H38BClN9O5S. The van der Waals surface area contributed by atoms with E-state index in [-0.39, 0.29) is 23.8 Å². The number of carbonyl (C=O) groups is 1. The van der Waals surface area contributed by atoms with Crippen molar-refractivity contribution < 1.29 is 18.8 Å². The van der Waals surface area contributed by atoms with Crippen LogP contribution in [-0.4, -0.2) is 75.2 Å². The fourth-order valence-corrected chi connectivity index (χ4v) is 9.11. The van der Waals surface area contributed by atoms with Crippen LogP contribution in [0.4, 0.5) is 5.00 Å². The first-order chi connectivity index (χ1) is 28.3. The van der Waals surface area contributed by atoms with E-state index in [1.807, 2.05) is 70.2 Å². The average molecular weight is 827 g/mol. The molecule has 0 saturated carbocycles. The molecule has 17 heteroatoms. The van der Waals surface area contributed by atoms with Gasteiger partial charge in [-0.15, -0.1) is 11.3 Å². The Labute approximate surface area is 348 Å². The molecule has 0 spiro atoms. The first kappa shape index (κ1) is 39.4. The van der Waals surface area contributed by atoms with E-state index in [9.17, 15) is 10.2 Å². The zero-order valence-corrected chi connectivity index (χ0v) is 34.8. The second-order valence-corrected chi connectivity index (χ2v) is 15.7. The molecule has 1 aliphatic heterocycles. The quantitative estimate of drug-likeness (QED) is 0.0670. The Morgan fingerprint density at radius 3 is 2.49 bits per heavy atom. The molecule has 59 heavy (non-hydrogen) atoms. The highest BCUT2D eigenvalue weighted by atomic mass is 35.5. The lowest BCUT2D eigenvalue weighted by atomic mass is 9.85. The highest BCUT2D eigenvalue weighted by Crippen LogP contribution is 2.40. The number of imidazole rings is 1. The number of hydrogen-bond acceptors (Lipinski definition) is 12. The van der Waals surface area contributed by atoms with Gasteiger partial charge in [-0.2, -0.15) is 0 Å². The Kier molecular flexibility index (Phi) is 10.3. The highest BCUT2D eigenvalue weighted by Gasteiger charge is 2.36. The predicted octanol–water partition coefficient (Wildman–Crippen LogP) is 7.02. The number of nitrogens with zero attached hydrogens (tertiary/aromatic N) is 7. The summed E-state index contributed by atoms with van der Waals surface area (Å²) in [5, 5.41) is 24.0. The molecule has 2 aromatic carbocycles. The number of carbonyl (C=O) groups excluding carboxylic acids is 1. The predicted molar refractivity (Wildman–Crippen MR) is 232 cm³/mol. The average Bonchev–Trinajstić information content (AvgIpc) is 3.81. The Hall–Kier alpha value is -6.39. The van der Waals surface area contributed by atoms with E-state index in [2.05, 4.69) is 10.1 Å². The standard InChI is InChI=1S/C42H38BClN9O5S/c1-20-35-37(25-11-13-26(44)14-12-25)49-31(18-34(54)57-7)40(46)52(24(5)45)41(35)59-39(20)43-53-32-19-48-30-16-28(36-21(2)50-58-23(36)4)33(56-6)17-27(30)38(32)51(42(53)55)22(3)29-10-8-9-15-47-29/h8-17,19,22,31,45-46H,18H2,1-7H3. The van der Waals surface area contributed by atoms with Gasteiger partial charge in [0.2, 0.25) is 0 Å². The number of thiophene rings is 1. The number of ether oxygens (including phenoxy) is 2. The molecule has 2 atom stereocenters. The topological polar surface area (TPSA) is 178 Å². The molecule has 0 aliphatic carbocycles. The van der Waals surface area contributed by atoms with Crippen LogP contribution in [0.25, 0.3) is 33.1 Å². The van der Waals surface area contributed by atoms with Gasteiger partial charge in [0.25, 0.3) is 0 Å². The maximum absolute atomic E-state index is 15.0. The van der Waals surface area contributed by atoms with Crippen molar-refractivity contribution in [2.24, 2.45) is 4.99 Å². The third-order valence-corrected chi connectivity index (χ3v) is 12.1. The number of esters is 1. The molecule has 8 rings (SSSR count). The van der Waals surface area contributed by atoms with E-state index >= 15 is 4.79 Å². The lowest BCUT2D eigenvalue weighted by Crippen LogP contribution is -2.41. The molecule has 5 aromatic heterocycles. The van der Waals surface area contributed by atoms with E-state index in [0.29, 0.717) is 76.5 Å². The normalized spacial score (nSPS) is 14.6. The number of amidine groups is 2. The van der Waals surface area contributed by atoms with Crippen LogP contribution in [0.1, 0.15) is 60.1 Å². The van der Waals surface area contributed by atoms with Gasteiger partial charge in [0.05, 0.1) is 72.1 Å². The van der Waals surface area contributed by atoms with Crippen molar-refractivity contribution in [3.05, 3.63) is 116 Å². The van der Waals surface area contributed by atoms with Gasteiger partial charge in [-0.3, -0.25) is 40.0 Å². The second kappa shape index (κ2) is 15.4. The number of anilines is 1. The maximum atomic E-state index is 15.0. The molecule has 0 saturated heterocycles. The van der Waals surface area contributed by atoms with Gasteiger partial charge in [-0.25, -0.2) is 4.79 Å². The highest BCUT2D eigenvalue weighted by molar-refractivity contribution is 7.25. The lowest BCUT2D eigenvalue weighted by Gasteiger charge is -2.24. The van der Waals surface area contributed by atoms with Crippen molar-refractivity contribution in [1.82, 2.24) is 24.2 Å². The van der Waals surface area contributed by atoms with Crippen molar-refractivity contribution in [1.29, 1.82) is 10.8 Å². The molecule has 0 amide bonds. The minimum Gasteiger partial charge on any atom is -0.496 e. The number of aromatic nitrogens is 5. The van der Waals surface area contributed by atoms with Crippen LogP contribution in [0, 0.1) is 31.6 Å². The largest absolute Gasteiger partial charge is 0.496 e. The van der Waals surface area contributed by atoms with Crippen LogP contribution >= 0.6 is 22.9 Å². The summed E-state index contributed by atoms with van der Waals surface area (Å²) in [5.41, 5.74) is 7.07. The Morgan fingerprint density at radius 2 is 1.85 bits per heavy atom. The number of rotatable bonds is 9. The van der Waals surface area contributed by atoms with Crippen molar-refractivity contribution in [2.45, 2.75) is 53.1 Å². The summed E-state index contributed by atoms with van der Waals surface area (Å²) in [4.78, 5) is 43.6. The van der Waals surface area contributed by atoms with Crippen molar-refractivity contribution >= 4 is 85.4 Å².